The number of carbonyl (C=O) groups is 1. The zero-order chi connectivity index (χ0) is 12.3. The lowest BCUT2D eigenvalue weighted by Crippen LogP contribution is -2.40. The Kier molecular flexibility index (Phi) is 3.87. The minimum absolute atomic E-state index is 0.249. The lowest BCUT2D eigenvalue weighted by atomic mass is 9.95. The van der Waals surface area contributed by atoms with Gasteiger partial charge in [0.15, 0.2) is 0 Å². The van der Waals surface area contributed by atoms with E-state index in [-0.39, 0.29) is 11.8 Å². The molecule has 1 aromatic carbocycles. The molecule has 0 fully saturated rings. The molecule has 0 spiro atoms. The smallest absolute Gasteiger partial charge is 0.136 e. The number of aryl methyl sites for hydroxylation is 1. The summed E-state index contributed by atoms with van der Waals surface area (Å²) in [5, 5.41) is 0. The molecular weight excluding hydrogens is 198 g/mol. The van der Waals surface area contributed by atoms with Crippen LogP contribution in [0.25, 0.3) is 0 Å². The van der Waals surface area contributed by atoms with Crippen molar-refractivity contribution in [3.63, 3.8) is 0 Å². The lowest BCUT2D eigenvalue weighted by Gasteiger charge is -2.34. The number of carbonyl (C=O) groups excluding carboxylic acids is 1. The summed E-state index contributed by atoms with van der Waals surface area (Å²) in [6.07, 6.45) is 0.606. The van der Waals surface area contributed by atoms with Crippen LogP contribution in [0.1, 0.15) is 30.5 Å². The molecule has 2 nitrogen and oxygen atoms in total. The number of Topliss-reactive ketones (excluding diaryl/α,β-unsaturated/α-hetero) is 1. The molecule has 88 valence electrons. The maximum absolute atomic E-state index is 11.4. The molecule has 0 aliphatic heterocycles. The first-order chi connectivity index (χ1) is 7.32. The molecule has 0 N–H and O–H groups in total. The summed E-state index contributed by atoms with van der Waals surface area (Å²) >= 11 is 0. The van der Waals surface area contributed by atoms with Crippen LogP contribution in [0.3, 0.4) is 0 Å². The summed E-state index contributed by atoms with van der Waals surface area (Å²) in [6, 6.07) is 8.58. The number of ketones is 1. The molecule has 1 aromatic rings. The van der Waals surface area contributed by atoms with E-state index in [2.05, 4.69) is 40.2 Å². The van der Waals surface area contributed by atoms with Gasteiger partial charge >= 0.3 is 0 Å². The van der Waals surface area contributed by atoms with Crippen molar-refractivity contribution in [3.8, 4) is 0 Å². The summed E-state index contributed by atoms with van der Waals surface area (Å²) < 4.78 is 0.782. The summed E-state index contributed by atoms with van der Waals surface area (Å²) in [5.41, 5.74) is 2.55. The Morgan fingerprint density at radius 1 is 1.25 bits per heavy atom. The van der Waals surface area contributed by atoms with Crippen molar-refractivity contribution in [3.05, 3.63) is 35.4 Å². The molecule has 0 aliphatic carbocycles. The average Bonchev–Trinajstić information content (AvgIpc) is 2.13. The maximum atomic E-state index is 11.4. The van der Waals surface area contributed by atoms with Gasteiger partial charge in [0.05, 0.1) is 27.6 Å². The number of nitrogens with zero attached hydrogens (tertiary/aromatic N) is 1. The van der Waals surface area contributed by atoms with Crippen LogP contribution in [0.15, 0.2) is 24.3 Å². The van der Waals surface area contributed by atoms with Crippen molar-refractivity contribution in [2.75, 3.05) is 21.1 Å². The third-order valence-electron chi connectivity index (χ3n) is 2.96. The molecule has 1 unspecified atom stereocenters. The number of hydrogen-bond donors (Lipinski definition) is 0. The highest BCUT2D eigenvalue weighted by Crippen LogP contribution is 2.29. The quantitative estimate of drug-likeness (QED) is 0.713. The van der Waals surface area contributed by atoms with Gasteiger partial charge in [0, 0.05) is 5.56 Å². The summed E-state index contributed by atoms with van der Waals surface area (Å²) in [4.78, 5) is 11.4. The van der Waals surface area contributed by atoms with Crippen LogP contribution in [0.4, 0.5) is 0 Å². The SMILES string of the molecule is CC(=O)CC(c1ccccc1C)[N+](C)(C)C. The van der Waals surface area contributed by atoms with Crippen LogP contribution >= 0.6 is 0 Å². The second kappa shape index (κ2) is 4.79. The average molecular weight is 220 g/mol. The first-order valence-electron chi connectivity index (χ1n) is 5.68. The maximum Gasteiger partial charge on any atom is 0.136 e. The molecule has 2 heteroatoms. The molecule has 0 amide bonds. The van der Waals surface area contributed by atoms with Gasteiger partial charge in [-0.25, -0.2) is 0 Å². The summed E-state index contributed by atoms with van der Waals surface area (Å²) in [5.74, 6) is 0.251. The Morgan fingerprint density at radius 3 is 2.25 bits per heavy atom. The third kappa shape index (κ3) is 3.17. The van der Waals surface area contributed by atoms with E-state index in [4.69, 9.17) is 0 Å². The molecule has 1 atom stereocenters. The van der Waals surface area contributed by atoms with E-state index in [0.717, 1.165) is 4.48 Å². The van der Waals surface area contributed by atoms with Crippen LogP contribution in [0.2, 0.25) is 0 Å². The van der Waals surface area contributed by atoms with E-state index in [1.54, 1.807) is 6.92 Å². The monoisotopic (exact) mass is 220 g/mol. The van der Waals surface area contributed by atoms with Crippen LogP contribution in [0, 0.1) is 6.92 Å². The van der Waals surface area contributed by atoms with Crippen LogP contribution in [0.5, 0.6) is 0 Å². The van der Waals surface area contributed by atoms with Crippen molar-refractivity contribution in [1.82, 2.24) is 0 Å². The Bertz CT molecular complexity index is 377. The zero-order valence-electron chi connectivity index (χ0n) is 10.9. The Morgan fingerprint density at radius 2 is 1.81 bits per heavy atom. The third-order valence-corrected chi connectivity index (χ3v) is 2.96. The van der Waals surface area contributed by atoms with Crippen LogP contribution in [-0.4, -0.2) is 31.4 Å². The number of rotatable bonds is 4. The number of benzene rings is 1. The Balaban J connectivity index is 3.12. The normalized spacial score (nSPS) is 13.6. The van der Waals surface area contributed by atoms with Crippen molar-refractivity contribution in [1.29, 1.82) is 0 Å². The lowest BCUT2D eigenvalue weighted by molar-refractivity contribution is -0.901. The predicted molar refractivity (Wildman–Crippen MR) is 67.3 cm³/mol. The minimum Gasteiger partial charge on any atom is -0.324 e. The first kappa shape index (κ1) is 12.9. The highest BCUT2D eigenvalue weighted by molar-refractivity contribution is 5.76. The van der Waals surface area contributed by atoms with E-state index in [1.807, 2.05) is 12.1 Å². The molecule has 0 heterocycles. The Hall–Kier alpha value is -1.15. The standard InChI is InChI=1S/C14H22NO/c1-11-8-6-7-9-13(11)14(10-12(2)16)15(3,4)5/h6-9,14H,10H2,1-5H3/q+1. The topological polar surface area (TPSA) is 17.1 Å². The highest BCUT2D eigenvalue weighted by Gasteiger charge is 2.28. The predicted octanol–water partition coefficient (Wildman–Crippen LogP) is 2.72. The number of hydrogen-bond acceptors (Lipinski definition) is 1. The van der Waals surface area contributed by atoms with Gasteiger partial charge in [-0.1, -0.05) is 24.3 Å². The van der Waals surface area contributed by atoms with Gasteiger partial charge in [-0.3, -0.25) is 4.79 Å². The molecule has 0 aliphatic rings. The van der Waals surface area contributed by atoms with E-state index < -0.39 is 0 Å². The molecule has 0 saturated carbocycles. The fourth-order valence-electron chi connectivity index (χ4n) is 2.03. The molecular formula is C14H22NO+. The second-order valence-corrected chi connectivity index (χ2v) is 5.39. The molecule has 16 heavy (non-hydrogen) atoms. The van der Waals surface area contributed by atoms with E-state index in [0.29, 0.717) is 6.42 Å². The van der Waals surface area contributed by atoms with Crippen molar-refractivity contribution in [2.45, 2.75) is 26.3 Å². The van der Waals surface area contributed by atoms with Gasteiger partial charge in [0.25, 0.3) is 0 Å². The summed E-state index contributed by atoms with van der Waals surface area (Å²) in [6.45, 7) is 3.78. The van der Waals surface area contributed by atoms with Crippen molar-refractivity contribution in [2.24, 2.45) is 0 Å². The van der Waals surface area contributed by atoms with Gasteiger partial charge < -0.3 is 4.48 Å². The van der Waals surface area contributed by atoms with Gasteiger partial charge in [0.1, 0.15) is 11.8 Å². The van der Waals surface area contributed by atoms with Gasteiger partial charge in [-0.05, 0) is 19.4 Å². The Labute approximate surface area is 98.5 Å². The molecule has 1 rings (SSSR count). The second-order valence-electron chi connectivity index (χ2n) is 5.39. The van der Waals surface area contributed by atoms with E-state index in [1.165, 1.54) is 11.1 Å². The summed E-state index contributed by atoms with van der Waals surface area (Å²) in [7, 11) is 6.42. The van der Waals surface area contributed by atoms with Gasteiger partial charge in [-0.15, -0.1) is 0 Å². The molecule has 0 bridgehead atoms. The first-order valence-corrected chi connectivity index (χ1v) is 5.68. The van der Waals surface area contributed by atoms with E-state index in [9.17, 15) is 4.79 Å². The van der Waals surface area contributed by atoms with Crippen molar-refractivity contribution < 1.29 is 9.28 Å². The fraction of sp³-hybridized carbons (Fsp3) is 0.500. The number of quaternary nitrogens is 1. The minimum atomic E-state index is 0.249. The highest BCUT2D eigenvalue weighted by atomic mass is 16.1. The molecule has 0 aromatic heterocycles. The van der Waals surface area contributed by atoms with Gasteiger partial charge in [0.2, 0.25) is 0 Å². The van der Waals surface area contributed by atoms with Crippen LogP contribution < -0.4 is 0 Å². The van der Waals surface area contributed by atoms with Gasteiger partial charge in [-0.2, -0.15) is 0 Å². The zero-order valence-corrected chi connectivity index (χ0v) is 10.9. The molecule has 0 saturated heterocycles. The van der Waals surface area contributed by atoms with Crippen LogP contribution in [-0.2, 0) is 4.79 Å². The van der Waals surface area contributed by atoms with Crippen molar-refractivity contribution >= 4 is 5.78 Å². The van der Waals surface area contributed by atoms with E-state index >= 15 is 0 Å². The largest absolute Gasteiger partial charge is 0.324 e. The fourth-order valence-corrected chi connectivity index (χ4v) is 2.03. The molecule has 0 radical (unpaired) electrons.